The average Bonchev–Trinajstić information content (AvgIpc) is 2.74. The largest absolute Gasteiger partial charge is 0.441 e. The molecule has 0 radical (unpaired) electrons. The minimum atomic E-state index is 0.178. The van der Waals surface area contributed by atoms with E-state index in [1.807, 2.05) is 25.1 Å². The molecule has 1 fully saturated rings. The van der Waals surface area contributed by atoms with Crippen LogP contribution in [0.5, 0.6) is 0 Å². The zero-order chi connectivity index (χ0) is 11.7. The van der Waals surface area contributed by atoms with Gasteiger partial charge in [0.25, 0.3) is 0 Å². The summed E-state index contributed by atoms with van der Waals surface area (Å²) in [5.74, 6) is 0.767. The predicted molar refractivity (Wildman–Crippen MR) is 65.1 cm³/mol. The summed E-state index contributed by atoms with van der Waals surface area (Å²) in [7, 11) is 0. The maximum absolute atomic E-state index is 5.73. The zero-order valence-electron chi connectivity index (χ0n) is 9.90. The Bertz CT molecular complexity index is 515. The highest BCUT2D eigenvalue weighted by molar-refractivity contribution is 5.76. The van der Waals surface area contributed by atoms with E-state index in [4.69, 9.17) is 9.15 Å². The average molecular weight is 232 g/mol. The molecule has 4 nitrogen and oxygen atoms in total. The molecule has 1 aromatic heterocycles. The Kier molecular flexibility index (Phi) is 2.82. The van der Waals surface area contributed by atoms with E-state index in [1.54, 1.807) is 0 Å². The molecular formula is C13H16N2O2. The first-order chi connectivity index (χ1) is 8.33. The number of aryl methyl sites for hydroxylation is 1. The highest BCUT2D eigenvalue weighted by atomic mass is 16.5. The number of benzene rings is 1. The van der Waals surface area contributed by atoms with Crippen LogP contribution in [0.25, 0.3) is 11.1 Å². The Morgan fingerprint density at radius 2 is 2.41 bits per heavy atom. The number of para-hydroxylation sites is 1. The number of morpholine rings is 1. The van der Waals surface area contributed by atoms with Crippen molar-refractivity contribution >= 4 is 11.1 Å². The van der Waals surface area contributed by atoms with Gasteiger partial charge in [-0.2, -0.15) is 0 Å². The van der Waals surface area contributed by atoms with Crippen LogP contribution in [0.15, 0.2) is 22.6 Å². The van der Waals surface area contributed by atoms with Gasteiger partial charge in [0.05, 0.1) is 19.1 Å². The van der Waals surface area contributed by atoms with Crippen LogP contribution in [0.3, 0.4) is 0 Å². The van der Waals surface area contributed by atoms with Crippen LogP contribution in [-0.2, 0) is 11.2 Å². The third kappa shape index (κ3) is 2.18. The monoisotopic (exact) mass is 232 g/mol. The lowest BCUT2D eigenvalue weighted by Gasteiger charge is -2.22. The Labute approximate surface area is 100.0 Å². The van der Waals surface area contributed by atoms with Crippen LogP contribution in [0.2, 0.25) is 0 Å². The number of aromatic nitrogens is 1. The van der Waals surface area contributed by atoms with E-state index < -0.39 is 0 Å². The van der Waals surface area contributed by atoms with Gasteiger partial charge in [-0.1, -0.05) is 12.1 Å². The van der Waals surface area contributed by atoms with E-state index in [0.29, 0.717) is 0 Å². The number of ether oxygens (including phenoxy) is 1. The molecule has 1 aliphatic heterocycles. The van der Waals surface area contributed by atoms with Gasteiger partial charge >= 0.3 is 0 Å². The van der Waals surface area contributed by atoms with Crippen molar-refractivity contribution in [2.24, 2.45) is 0 Å². The second kappa shape index (κ2) is 4.47. The van der Waals surface area contributed by atoms with Gasteiger partial charge in [-0.3, -0.25) is 0 Å². The van der Waals surface area contributed by atoms with Crippen molar-refractivity contribution in [2.45, 2.75) is 19.4 Å². The summed E-state index contributed by atoms with van der Waals surface area (Å²) >= 11 is 0. The molecule has 17 heavy (non-hydrogen) atoms. The molecule has 3 rings (SSSR count). The van der Waals surface area contributed by atoms with E-state index in [2.05, 4.69) is 10.3 Å². The summed E-state index contributed by atoms with van der Waals surface area (Å²) < 4.78 is 11.4. The Hall–Kier alpha value is -1.39. The number of hydrogen-bond donors (Lipinski definition) is 1. The van der Waals surface area contributed by atoms with Crippen LogP contribution >= 0.6 is 0 Å². The number of nitrogens with one attached hydrogen (secondary N) is 1. The third-order valence-electron chi connectivity index (χ3n) is 3.07. The van der Waals surface area contributed by atoms with Crippen molar-refractivity contribution in [3.63, 3.8) is 0 Å². The fourth-order valence-corrected chi connectivity index (χ4v) is 2.17. The molecule has 2 heterocycles. The van der Waals surface area contributed by atoms with Gasteiger partial charge in [-0.25, -0.2) is 4.98 Å². The molecule has 0 bridgehead atoms. The molecule has 1 aromatic carbocycles. The number of hydrogen-bond acceptors (Lipinski definition) is 4. The van der Waals surface area contributed by atoms with Crippen molar-refractivity contribution in [2.75, 3.05) is 19.7 Å². The van der Waals surface area contributed by atoms with E-state index in [9.17, 15) is 0 Å². The van der Waals surface area contributed by atoms with Crippen molar-refractivity contribution in [3.05, 3.63) is 29.7 Å². The molecular weight excluding hydrogens is 216 g/mol. The number of nitrogens with zero attached hydrogens (tertiary/aromatic N) is 1. The van der Waals surface area contributed by atoms with Crippen molar-refractivity contribution in [3.8, 4) is 0 Å². The van der Waals surface area contributed by atoms with Crippen molar-refractivity contribution < 1.29 is 9.15 Å². The second-order valence-corrected chi connectivity index (χ2v) is 4.43. The fourth-order valence-electron chi connectivity index (χ4n) is 2.17. The summed E-state index contributed by atoms with van der Waals surface area (Å²) in [5, 5.41) is 3.31. The summed E-state index contributed by atoms with van der Waals surface area (Å²) in [4.78, 5) is 4.53. The maximum atomic E-state index is 5.73. The topological polar surface area (TPSA) is 47.3 Å². The lowest BCUT2D eigenvalue weighted by Crippen LogP contribution is -2.39. The van der Waals surface area contributed by atoms with Gasteiger partial charge in [0, 0.05) is 13.1 Å². The first-order valence-electron chi connectivity index (χ1n) is 6.00. The lowest BCUT2D eigenvalue weighted by atomic mass is 10.2. The standard InChI is InChI=1S/C13H16N2O2/c1-9-3-2-4-11-13(9)15-12(17-11)7-10-8-14-5-6-16-10/h2-4,10,14H,5-8H2,1H3. The molecule has 4 heteroatoms. The first-order valence-corrected chi connectivity index (χ1v) is 6.00. The van der Waals surface area contributed by atoms with Crippen LogP contribution in [-0.4, -0.2) is 30.8 Å². The van der Waals surface area contributed by atoms with Gasteiger partial charge in [0.2, 0.25) is 0 Å². The molecule has 0 amide bonds. The third-order valence-corrected chi connectivity index (χ3v) is 3.07. The van der Waals surface area contributed by atoms with Gasteiger partial charge in [0.15, 0.2) is 11.5 Å². The Morgan fingerprint density at radius 1 is 1.47 bits per heavy atom. The molecule has 0 aliphatic carbocycles. The highest BCUT2D eigenvalue weighted by Crippen LogP contribution is 2.20. The van der Waals surface area contributed by atoms with Gasteiger partial charge < -0.3 is 14.5 Å². The van der Waals surface area contributed by atoms with E-state index in [-0.39, 0.29) is 6.10 Å². The molecule has 0 saturated carbocycles. The quantitative estimate of drug-likeness (QED) is 0.855. The van der Waals surface area contributed by atoms with E-state index in [1.165, 1.54) is 0 Å². The van der Waals surface area contributed by atoms with Crippen LogP contribution in [0.1, 0.15) is 11.5 Å². The Morgan fingerprint density at radius 3 is 3.18 bits per heavy atom. The highest BCUT2D eigenvalue weighted by Gasteiger charge is 2.17. The number of rotatable bonds is 2. The normalized spacial score (nSPS) is 20.9. The fraction of sp³-hybridized carbons (Fsp3) is 0.462. The second-order valence-electron chi connectivity index (χ2n) is 4.43. The molecule has 1 saturated heterocycles. The minimum absolute atomic E-state index is 0.178. The first kappa shape index (κ1) is 10.7. The van der Waals surface area contributed by atoms with E-state index in [0.717, 1.165) is 48.7 Å². The minimum Gasteiger partial charge on any atom is -0.441 e. The molecule has 90 valence electrons. The number of fused-ring (bicyclic) bond motifs is 1. The maximum Gasteiger partial charge on any atom is 0.198 e. The van der Waals surface area contributed by atoms with Gasteiger partial charge in [-0.05, 0) is 18.6 Å². The summed E-state index contributed by atoms with van der Waals surface area (Å²) in [6.45, 7) is 4.62. The SMILES string of the molecule is Cc1cccc2oc(CC3CNCCO3)nc12. The summed E-state index contributed by atoms with van der Waals surface area (Å²) in [5.41, 5.74) is 2.98. The lowest BCUT2D eigenvalue weighted by molar-refractivity contribution is 0.0257. The molecule has 2 aromatic rings. The van der Waals surface area contributed by atoms with Gasteiger partial charge in [0.1, 0.15) is 5.52 Å². The van der Waals surface area contributed by atoms with Crippen LogP contribution in [0, 0.1) is 6.92 Å². The number of oxazole rings is 1. The molecule has 0 spiro atoms. The predicted octanol–water partition coefficient (Wildman–Crippen LogP) is 1.67. The van der Waals surface area contributed by atoms with Crippen LogP contribution < -0.4 is 5.32 Å². The molecule has 1 unspecified atom stereocenters. The molecule has 1 atom stereocenters. The van der Waals surface area contributed by atoms with Crippen LogP contribution in [0.4, 0.5) is 0 Å². The molecule has 1 N–H and O–H groups in total. The smallest absolute Gasteiger partial charge is 0.198 e. The van der Waals surface area contributed by atoms with Crippen molar-refractivity contribution in [1.29, 1.82) is 0 Å². The van der Waals surface area contributed by atoms with Gasteiger partial charge in [-0.15, -0.1) is 0 Å². The Balaban J connectivity index is 1.83. The van der Waals surface area contributed by atoms with Crippen molar-refractivity contribution in [1.82, 2.24) is 10.3 Å². The molecule has 1 aliphatic rings. The van der Waals surface area contributed by atoms with E-state index >= 15 is 0 Å². The zero-order valence-corrected chi connectivity index (χ0v) is 9.90. The summed E-state index contributed by atoms with van der Waals surface area (Å²) in [6, 6.07) is 6.00. The summed E-state index contributed by atoms with van der Waals surface area (Å²) in [6.07, 6.45) is 0.915.